The van der Waals surface area contributed by atoms with E-state index in [9.17, 15) is 5.11 Å². The molecule has 17 heavy (non-hydrogen) atoms. The fourth-order valence-corrected chi connectivity index (χ4v) is 1.89. The van der Waals surface area contributed by atoms with Crippen LogP contribution >= 0.6 is 0 Å². The maximum Gasteiger partial charge on any atom is 0.114 e. The van der Waals surface area contributed by atoms with Gasteiger partial charge in [0.05, 0.1) is 12.2 Å². The van der Waals surface area contributed by atoms with Gasteiger partial charge in [0.1, 0.15) is 5.76 Å². The standard InChI is InChI=1S/C15H18O2/c1-12-8-9-14(16)10-15(12,2)17-11-13-6-4-3-5-7-13/h3-10,12,16H,11H2,1-2H3. The highest BCUT2D eigenvalue weighted by molar-refractivity contribution is 5.25. The molecule has 0 radical (unpaired) electrons. The summed E-state index contributed by atoms with van der Waals surface area (Å²) in [6.45, 7) is 4.64. The van der Waals surface area contributed by atoms with Gasteiger partial charge in [0, 0.05) is 5.92 Å². The Morgan fingerprint density at radius 1 is 1.29 bits per heavy atom. The van der Waals surface area contributed by atoms with Crippen molar-refractivity contribution in [1.82, 2.24) is 0 Å². The van der Waals surface area contributed by atoms with Crippen molar-refractivity contribution in [1.29, 1.82) is 0 Å². The zero-order valence-corrected chi connectivity index (χ0v) is 10.3. The lowest BCUT2D eigenvalue weighted by molar-refractivity contribution is -0.0341. The van der Waals surface area contributed by atoms with Crippen molar-refractivity contribution < 1.29 is 9.84 Å². The molecular formula is C15H18O2. The van der Waals surface area contributed by atoms with Gasteiger partial charge in [0.25, 0.3) is 0 Å². The van der Waals surface area contributed by atoms with Gasteiger partial charge in [-0.1, -0.05) is 43.3 Å². The zero-order valence-electron chi connectivity index (χ0n) is 10.3. The van der Waals surface area contributed by atoms with E-state index in [1.54, 1.807) is 12.2 Å². The Hall–Kier alpha value is -1.54. The Morgan fingerprint density at radius 3 is 2.71 bits per heavy atom. The second-order valence-corrected chi connectivity index (χ2v) is 4.68. The Morgan fingerprint density at radius 2 is 2.00 bits per heavy atom. The maximum absolute atomic E-state index is 9.55. The third kappa shape index (κ3) is 2.77. The van der Waals surface area contributed by atoms with Crippen LogP contribution in [0.3, 0.4) is 0 Å². The van der Waals surface area contributed by atoms with Crippen LogP contribution in [-0.4, -0.2) is 10.7 Å². The van der Waals surface area contributed by atoms with Crippen molar-refractivity contribution in [2.75, 3.05) is 0 Å². The summed E-state index contributed by atoms with van der Waals surface area (Å²) in [5.41, 5.74) is 0.706. The van der Waals surface area contributed by atoms with E-state index in [1.165, 1.54) is 0 Å². The molecule has 0 aliphatic heterocycles. The first-order chi connectivity index (χ1) is 8.10. The molecule has 2 atom stereocenters. The number of ether oxygens (including phenoxy) is 1. The van der Waals surface area contributed by atoms with Crippen LogP contribution in [-0.2, 0) is 11.3 Å². The van der Waals surface area contributed by atoms with Gasteiger partial charge in [-0.15, -0.1) is 0 Å². The molecule has 1 aliphatic carbocycles. The van der Waals surface area contributed by atoms with Gasteiger partial charge in [-0.3, -0.25) is 0 Å². The van der Waals surface area contributed by atoms with Crippen LogP contribution in [0.2, 0.25) is 0 Å². The van der Waals surface area contributed by atoms with E-state index >= 15 is 0 Å². The van der Waals surface area contributed by atoms with Crippen LogP contribution in [0.15, 0.2) is 54.3 Å². The Kier molecular flexibility index (Phi) is 3.34. The molecule has 0 heterocycles. The number of rotatable bonds is 3. The minimum atomic E-state index is -0.436. The highest BCUT2D eigenvalue weighted by Gasteiger charge is 2.31. The normalized spacial score (nSPS) is 27.9. The van der Waals surface area contributed by atoms with E-state index in [4.69, 9.17) is 4.74 Å². The molecule has 1 aromatic carbocycles. The van der Waals surface area contributed by atoms with Crippen molar-refractivity contribution in [3.8, 4) is 0 Å². The first-order valence-electron chi connectivity index (χ1n) is 5.88. The maximum atomic E-state index is 9.55. The molecule has 0 amide bonds. The molecular weight excluding hydrogens is 212 g/mol. The lowest BCUT2D eigenvalue weighted by atomic mass is 9.86. The quantitative estimate of drug-likeness (QED) is 0.859. The summed E-state index contributed by atoms with van der Waals surface area (Å²) in [6, 6.07) is 10.1. The summed E-state index contributed by atoms with van der Waals surface area (Å²) in [5.74, 6) is 0.528. The van der Waals surface area contributed by atoms with Gasteiger partial charge >= 0.3 is 0 Å². The van der Waals surface area contributed by atoms with Crippen LogP contribution in [0.25, 0.3) is 0 Å². The Balaban J connectivity index is 2.05. The van der Waals surface area contributed by atoms with Crippen molar-refractivity contribution in [3.63, 3.8) is 0 Å². The summed E-state index contributed by atoms with van der Waals surface area (Å²) in [6.07, 6.45) is 5.47. The minimum absolute atomic E-state index is 0.252. The average molecular weight is 230 g/mol. The van der Waals surface area contributed by atoms with Crippen LogP contribution < -0.4 is 0 Å². The molecule has 0 bridgehead atoms. The molecule has 0 saturated heterocycles. The van der Waals surface area contributed by atoms with E-state index in [0.29, 0.717) is 6.61 Å². The summed E-state index contributed by atoms with van der Waals surface area (Å²) in [4.78, 5) is 0. The highest BCUT2D eigenvalue weighted by atomic mass is 16.5. The van der Waals surface area contributed by atoms with Crippen LogP contribution in [0.5, 0.6) is 0 Å². The predicted molar refractivity (Wildman–Crippen MR) is 68.7 cm³/mol. The molecule has 2 unspecified atom stereocenters. The molecule has 1 aliphatic rings. The summed E-state index contributed by atoms with van der Waals surface area (Å²) in [5, 5.41) is 9.55. The van der Waals surface area contributed by atoms with E-state index in [2.05, 4.69) is 6.92 Å². The molecule has 90 valence electrons. The fraction of sp³-hybridized carbons (Fsp3) is 0.333. The third-order valence-corrected chi connectivity index (χ3v) is 3.29. The second kappa shape index (κ2) is 4.76. The van der Waals surface area contributed by atoms with Gasteiger partial charge in [-0.25, -0.2) is 0 Å². The number of aliphatic hydroxyl groups is 1. The average Bonchev–Trinajstić information content (AvgIpc) is 2.33. The number of aliphatic hydroxyl groups excluding tert-OH is 1. The second-order valence-electron chi connectivity index (χ2n) is 4.68. The van der Waals surface area contributed by atoms with E-state index < -0.39 is 5.60 Å². The molecule has 2 nitrogen and oxygen atoms in total. The van der Waals surface area contributed by atoms with Crippen molar-refractivity contribution >= 4 is 0 Å². The van der Waals surface area contributed by atoms with Gasteiger partial charge < -0.3 is 9.84 Å². The van der Waals surface area contributed by atoms with Crippen LogP contribution in [0, 0.1) is 5.92 Å². The SMILES string of the molecule is CC1C=CC(O)=CC1(C)OCc1ccccc1. The molecule has 0 aromatic heterocycles. The molecule has 0 fully saturated rings. The van der Waals surface area contributed by atoms with Gasteiger partial charge in [-0.2, -0.15) is 0 Å². The van der Waals surface area contributed by atoms with Crippen molar-refractivity contribution in [2.24, 2.45) is 5.92 Å². The molecule has 1 aromatic rings. The lowest BCUT2D eigenvalue weighted by Gasteiger charge is -2.33. The van der Waals surface area contributed by atoms with Crippen molar-refractivity contribution in [3.05, 3.63) is 59.9 Å². The highest BCUT2D eigenvalue weighted by Crippen LogP contribution is 2.30. The number of allylic oxidation sites excluding steroid dienone is 1. The Labute approximate surface area is 102 Å². The van der Waals surface area contributed by atoms with Crippen LogP contribution in [0.1, 0.15) is 19.4 Å². The number of hydrogen-bond acceptors (Lipinski definition) is 2. The van der Waals surface area contributed by atoms with E-state index in [0.717, 1.165) is 5.56 Å². The third-order valence-electron chi connectivity index (χ3n) is 3.29. The molecule has 0 saturated carbocycles. The summed E-state index contributed by atoms with van der Waals surface area (Å²) >= 11 is 0. The number of benzene rings is 1. The number of hydrogen-bond donors (Lipinski definition) is 1. The van der Waals surface area contributed by atoms with E-state index in [1.807, 2.05) is 43.3 Å². The molecule has 1 N–H and O–H groups in total. The largest absolute Gasteiger partial charge is 0.508 e. The zero-order chi connectivity index (χ0) is 12.3. The molecule has 2 rings (SSSR count). The molecule has 0 spiro atoms. The summed E-state index contributed by atoms with van der Waals surface area (Å²) < 4.78 is 5.95. The Bertz CT molecular complexity index is 433. The smallest absolute Gasteiger partial charge is 0.114 e. The van der Waals surface area contributed by atoms with Gasteiger partial charge in [-0.05, 0) is 24.6 Å². The van der Waals surface area contributed by atoms with Gasteiger partial charge in [0.2, 0.25) is 0 Å². The molecule has 2 heteroatoms. The van der Waals surface area contributed by atoms with Gasteiger partial charge in [0.15, 0.2) is 0 Å². The lowest BCUT2D eigenvalue weighted by Crippen LogP contribution is -2.35. The summed E-state index contributed by atoms with van der Waals surface area (Å²) in [7, 11) is 0. The predicted octanol–water partition coefficient (Wildman–Crippen LogP) is 3.61. The first-order valence-corrected chi connectivity index (χ1v) is 5.88. The van der Waals surface area contributed by atoms with Crippen molar-refractivity contribution in [2.45, 2.75) is 26.1 Å². The fourth-order valence-electron chi connectivity index (χ4n) is 1.89. The topological polar surface area (TPSA) is 29.5 Å². The monoisotopic (exact) mass is 230 g/mol. The van der Waals surface area contributed by atoms with Crippen LogP contribution in [0.4, 0.5) is 0 Å². The van der Waals surface area contributed by atoms with E-state index in [-0.39, 0.29) is 11.7 Å². The first kappa shape index (κ1) is 11.9. The minimum Gasteiger partial charge on any atom is -0.508 e.